The molecule has 0 aliphatic carbocycles. The van der Waals surface area contributed by atoms with Gasteiger partial charge in [-0.15, -0.1) is 0 Å². The van der Waals surface area contributed by atoms with E-state index in [2.05, 4.69) is 28.7 Å². The lowest BCUT2D eigenvalue weighted by molar-refractivity contribution is 0.726. The summed E-state index contributed by atoms with van der Waals surface area (Å²) < 4.78 is 0. The van der Waals surface area contributed by atoms with Crippen LogP contribution in [0.15, 0.2) is 29.1 Å². The van der Waals surface area contributed by atoms with E-state index in [1.54, 1.807) is 0 Å². The standard InChI is InChI=1S/C20H24N4O/c1-14(2)15-7-9-16(10-8-15)18-17(13-21)19(25)23-20(22-18)24-11-5-3-4-6-12-24/h7-10,14H,3-6,11-12H2,1-2H3,(H,22,23,25). The van der Waals surface area contributed by atoms with Gasteiger partial charge in [0.1, 0.15) is 11.6 Å². The van der Waals surface area contributed by atoms with E-state index in [1.807, 2.05) is 30.3 Å². The molecule has 0 unspecified atom stereocenters. The van der Waals surface area contributed by atoms with Crippen molar-refractivity contribution < 1.29 is 0 Å². The molecule has 1 aliphatic rings. The Labute approximate surface area is 148 Å². The first-order chi connectivity index (χ1) is 12.1. The number of benzene rings is 1. The predicted molar refractivity (Wildman–Crippen MR) is 99.8 cm³/mol. The average molecular weight is 336 g/mol. The van der Waals surface area contributed by atoms with Gasteiger partial charge in [0, 0.05) is 18.7 Å². The minimum atomic E-state index is -0.361. The van der Waals surface area contributed by atoms with E-state index in [0.717, 1.165) is 31.5 Å². The largest absolute Gasteiger partial charge is 0.342 e. The van der Waals surface area contributed by atoms with Gasteiger partial charge in [-0.25, -0.2) is 4.98 Å². The Kier molecular flexibility index (Phi) is 5.18. The van der Waals surface area contributed by atoms with Crippen molar-refractivity contribution in [2.24, 2.45) is 0 Å². The number of hydrogen-bond donors (Lipinski definition) is 1. The van der Waals surface area contributed by atoms with Gasteiger partial charge in [0.15, 0.2) is 0 Å². The molecule has 3 rings (SSSR count). The fourth-order valence-electron chi connectivity index (χ4n) is 3.23. The van der Waals surface area contributed by atoms with Gasteiger partial charge in [-0.1, -0.05) is 51.0 Å². The number of H-pyrrole nitrogens is 1. The molecule has 1 N–H and O–H groups in total. The maximum absolute atomic E-state index is 12.4. The molecule has 1 fully saturated rings. The summed E-state index contributed by atoms with van der Waals surface area (Å²) in [7, 11) is 0. The summed E-state index contributed by atoms with van der Waals surface area (Å²) in [5.74, 6) is 1.01. The average Bonchev–Trinajstić information content (AvgIpc) is 2.90. The maximum atomic E-state index is 12.4. The molecule has 1 aromatic heterocycles. The summed E-state index contributed by atoms with van der Waals surface area (Å²) in [6.45, 7) is 6.05. The molecule has 0 saturated carbocycles. The zero-order valence-corrected chi connectivity index (χ0v) is 14.9. The van der Waals surface area contributed by atoms with Crippen molar-refractivity contribution >= 4 is 5.95 Å². The zero-order chi connectivity index (χ0) is 17.8. The smallest absolute Gasteiger partial charge is 0.270 e. The molecular formula is C20H24N4O. The number of hydrogen-bond acceptors (Lipinski definition) is 4. The Morgan fingerprint density at radius 2 is 1.76 bits per heavy atom. The van der Waals surface area contributed by atoms with Crippen molar-refractivity contribution in [1.82, 2.24) is 9.97 Å². The first-order valence-electron chi connectivity index (χ1n) is 9.00. The molecule has 0 atom stereocenters. The van der Waals surface area contributed by atoms with Gasteiger partial charge in [0.25, 0.3) is 5.56 Å². The molecule has 0 spiro atoms. The van der Waals surface area contributed by atoms with Gasteiger partial charge in [-0.2, -0.15) is 5.26 Å². The van der Waals surface area contributed by atoms with Crippen molar-refractivity contribution in [2.45, 2.75) is 45.4 Å². The highest BCUT2D eigenvalue weighted by molar-refractivity contribution is 5.67. The predicted octanol–water partition coefficient (Wildman–Crippen LogP) is 3.81. The van der Waals surface area contributed by atoms with Crippen molar-refractivity contribution in [3.05, 3.63) is 45.7 Å². The normalized spacial score (nSPS) is 15.0. The topological polar surface area (TPSA) is 72.8 Å². The van der Waals surface area contributed by atoms with Crippen LogP contribution in [-0.4, -0.2) is 23.1 Å². The molecule has 25 heavy (non-hydrogen) atoms. The zero-order valence-electron chi connectivity index (χ0n) is 14.9. The highest BCUT2D eigenvalue weighted by atomic mass is 16.1. The number of rotatable bonds is 3. The number of aromatic nitrogens is 2. The van der Waals surface area contributed by atoms with Crippen LogP contribution in [0.5, 0.6) is 0 Å². The molecule has 1 aliphatic heterocycles. The second kappa shape index (κ2) is 7.52. The number of nitrogens with zero attached hydrogens (tertiary/aromatic N) is 3. The van der Waals surface area contributed by atoms with Crippen LogP contribution < -0.4 is 10.5 Å². The van der Waals surface area contributed by atoms with Crippen LogP contribution in [0.3, 0.4) is 0 Å². The first kappa shape index (κ1) is 17.2. The van der Waals surface area contributed by atoms with E-state index >= 15 is 0 Å². The lowest BCUT2D eigenvalue weighted by Crippen LogP contribution is -2.29. The van der Waals surface area contributed by atoms with Crippen LogP contribution in [0.1, 0.15) is 56.6 Å². The van der Waals surface area contributed by atoms with Gasteiger partial charge in [-0.3, -0.25) is 9.78 Å². The second-order valence-corrected chi connectivity index (χ2v) is 6.90. The van der Waals surface area contributed by atoms with Crippen molar-refractivity contribution in [3.63, 3.8) is 0 Å². The lowest BCUT2D eigenvalue weighted by Gasteiger charge is -2.21. The van der Waals surface area contributed by atoms with E-state index in [9.17, 15) is 10.1 Å². The number of aromatic amines is 1. The second-order valence-electron chi connectivity index (χ2n) is 6.90. The van der Waals surface area contributed by atoms with E-state index in [4.69, 9.17) is 0 Å². The Bertz CT molecular complexity index is 822. The third-order valence-electron chi connectivity index (χ3n) is 4.78. The van der Waals surface area contributed by atoms with E-state index in [0.29, 0.717) is 17.6 Å². The van der Waals surface area contributed by atoms with Crippen LogP contribution in [0, 0.1) is 11.3 Å². The van der Waals surface area contributed by atoms with E-state index < -0.39 is 0 Å². The lowest BCUT2D eigenvalue weighted by atomic mass is 10.00. The molecule has 1 saturated heterocycles. The third kappa shape index (κ3) is 3.74. The van der Waals surface area contributed by atoms with Crippen LogP contribution in [0.4, 0.5) is 5.95 Å². The molecule has 2 aromatic rings. The summed E-state index contributed by atoms with van der Waals surface area (Å²) in [5.41, 5.74) is 2.22. The number of nitriles is 1. The number of anilines is 1. The third-order valence-corrected chi connectivity index (χ3v) is 4.78. The SMILES string of the molecule is CC(C)c1ccc(-c2nc(N3CCCCCC3)[nH]c(=O)c2C#N)cc1. The molecular weight excluding hydrogens is 312 g/mol. The summed E-state index contributed by atoms with van der Waals surface area (Å²) in [6, 6.07) is 9.99. The first-order valence-corrected chi connectivity index (χ1v) is 9.00. The van der Waals surface area contributed by atoms with Gasteiger partial charge in [0.2, 0.25) is 5.95 Å². The van der Waals surface area contributed by atoms with Crippen molar-refractivity contribution in [2.75, 3.05) is 18.0 Å². The van der Waals surface area contributed by atoms with E-state index in [1.165, 1.54) is 18.4 Å². The van der Waals surface area contributed by atoms with E-state index in [-0.39, 0.29) is 11.1 Å². The Hall–Kier alpha value is -2.61. The van der Waals surface area contributed by atoms with Gasteiger partial charge >= 0.3 is 0 Å². The van der Waals surface area contributed by atoms with Crippen LogP contribution in [0.25, 0.3) is 11.3 Å². The van der Waals surface area contributed by atoms with Crippen LogP contribution in [-0.2, 0) is 0 Å². The minimum Gasteiger partial charge on any atom is -0.342 e. The van der Waals surface area contributed by atoms with Gasteiger partial charge in [-0.05, 0) is 24.3 Å². The molecule has 5 heteroatoms. The molecule has 130 valence electrons. The molecule has 0 bridgehead atoms. The van der Waals surface area contributed by atoms with Gasteiger partial charge < -0.3 is 4.90 Å². The summed E-state index contributed by atoms with van der Waals surface area (Å²) in [6.07, 6.45) is 4.62. The highest BCUT2D eigenvalue weighted by Gasteiger charge is 2.18. The highest BCUT2D eigenvalue weighted by Crippen LogP contribution is 2.24. The summed E-state index contributed by atoms with van der Waals surface area (Å²) in [4.78, 5) is 22.0. The molecule has 0 amide bonds. The quantitative estimate of drug-likeness (QED) is 0.925. The summed E-state index contributed by atoms with van der Waals surface area (Å²) >= 11 is 0. The monoisotopic (exact) mass is 336 g/mol. The Balaban J connectivity index is 2.05. The molecule has 1 aromatic carbocycles. The maximum Gasteiger partial charge on any atom is 0.270 e. The number of nitrogens with one attached hydrogen (secondary N) is 1. The fourth-order valence-corrected chi connectivity index (χ4v) is 3.23. The fraction of sp³-hybridized carbons (Fsp3) is 0.450. The summed E-state index contributed by atoms with van der Waals surface area (Å²) in [5, 5.41) is 9.43. The molecule has 5 nitrogen and oxygen atoms in total. The van der Waals surface area contributed by atoms with Gasteiger partial charge in [0.05, 0.1) is 5.69 Å². The minimum absolute atomic E-state index is 0.0795. The van der Waals surface area contributed by atoms with Crippen LogP contribution in [0.2, 0.25) is 0 Å². The van der Waals surface area contributed by atoms with Crippen LogP contribution >= 0.6 is 0 Å². The Morgan fingerprint density at radius 1 is 1.12 bits per heavy atom. The van der Waals surface area contributed by atoms with Crippen molar-refractivity contribution in [3.8, 4) is 17.3 Å². The molecule has 0 radical (unpaired) electrons. The van der Waals surface area contributed by atoms with Crippen molar-refractivity contribution in [1.29, 1.82) is 5.26 Å². The Morgan fingerprint density at radius 3 is 2.32 bits per heavy atom. The molecule has 2 heterocycles.